The zero-order valence-electron chi connectivity index (χ0n) is 17.4. The summed E-state index contributed by atoms with van der Waals surface area (Å²) in [4.78, 5) is 50.4. The first kappa shape index (κ1) is 22.0. The SMILES string of the molecule is C[C@@H]1CC[C@H]2C(=O)N(N(Cc3ccccc3Cl)C(=O)c3ccc([N+](=O)[O-])cc3)C(=O)[C@@H]2C1. The second kappa shape index (κ2) is 8.70. The molecule has 4 rings (SSSR count). The summed E-state index contributed by atoms with van der Waals surface area (Å²) in [6.07, 6.45) is 2.07. The van der Waals surface area contributed by atoms with Gasteiger partial charge in [-0.05, 0) is 48.9 Å². The molecule has 1 heterocycles. The first-order chi connectivity index (χ1) is 15.3. The Morgan fingerprint density at radius 2 is 1.75 bits per heavy atom. The first-order valence-electron chi connectivity index (χ1n) is 10.5. The third-order valence-electron chi connectivity index (χ3n) is 6.24. The molecular weight excluding hydrogens is 434 g/mol. The van der Waals surface area contributed by atoms with Crippen molar-refractivity contribution in [1.82, 2.24) is 10.0 Å². The third kappa shape index (κ3) is 3.98. The maximum Gasteiger partial charge on any atom is 0.273 e. The van der Waals surface area contributed by atoms with Gasteiger partial charge in [-0.25, -0.2) is 5.01 Å². The molecule has 0 bridgehead atoms. The van der Waals surface area contributed by atoms with Gasteiger partial charge in [0.15, 0.2) is 0 Å². The molecule has 3 atom stereocenters. The molecule has 32 heavy (non-hydrogen) atoms. The number of carbonyl (C=O) groups is 3. The topological polar surface area (TPSA) is 101 Å². The minimum Gasteiger partial charge on any atom is -0.272 e. The van der Waals surface area contributed by atoms with Crippen molar-refractivity contribution in [2.24, 2.45) is 17.8 Å². The fourth-order valence-corrected chi connectivity index (χ4v) is 4.70. The molecule has 3 amide bonds. The number of amides is 3. The van der Waals surface area contributed by atoms with Gasteiger partial charge in [-0.15, -0.1) is 0 Å². The number of hydrogen-bond donors (Lipinski definition) is 0. The van der Waals surface area contributed by atoms with Crippen LogP contribution in [0.3, 0.4) is 0 Å². The minimum absolute atomic E-state index is 0.0814. The Hall–Kier alpha value is -3.26. The normalized spacial score (nSPS) is 22.6. The van der Waals surface area contributed by atoms with E-state index < -0.39 is 22.7 Å². The molecule has 1 aliphatic heterocycles. The molecule has 1 aliphatic carbocycles. The van der Waals surface area contributed by atoms with Gasteiger partial charge < -0.3 is 0 Å². The quantitative estimate of drug-likeness (QED) is 0.381. The summed E-state index contributed by atoms with van der Waals surface area (Å²) in [7, 11) is 0. The molecule has 1 saturated carbocycles. The number of hydrogen-bond acceptors (Lipinski definition) is 5. The smallest absolute Gasteiger partial charge is 0.272 e. The van der Waals surface area contributed by atoms with Crippen LogP contribution in [0.2, 0.25) is 5.02 Å². The van der Waals surface area contributed by atoms with Crippen LogP contribution in [-0.2, 0) is 16.1 Å². The van der Waals surface area contributed by atoms with Crippen LogP contribution in [0, 0.1) is 27.9 Å². The Labute approximate surface area is 189 Å². The highest BCUT2D eigenvalue weighted by Crippen LogP contribution is 2.41. The van der Waals surface area contributed by atoms with E-state index in [1.54, 1.807) is 24.3 Å². The molecule has 2 aromatic rings. The third-order valence-corrected chi connectivity index (χ3v) is 6.61. The van der Waals surface area contributed by atoms with Gasteiger partial charge >= 0.3 is 0 Å². The predicted molar refractivity (Wildman–Crippen MR) is 116 cm³/mol. The summed E-state index contributed by atoms with van der Waals surface area (Å²) in [5.41, 5.74) is 0.548. The van der Waals surface area contributed by atoms with Crippen molar-refractivity contribution in [1.29, 1.82) is 0 Å². The maximum absolute atomic E-state index is 13.5. The second-order valence-electron chi connectivity index (χ2n) is 8.38. The highest BCUT2D eigenvalue weighted by molar-refractivity contribution is 6.31. The number of nitro groups is 1. The summed E-state index contributed by atoms with van der Waals surface area (Å²) in [5.74, 6) is -1.91. The Morgan fingerprint density at radius 1 is 1.09 bits per heavy atom. The van der Waals surface area contributed by atoms with Gasteiger partial charge in [-0.2, -0.15) is 5.01 Å². The standard InChI is InChI=1S/C23H22ClN3O5/c1-14-6-11-18-19(12-14)23(30)26(22(18)29)25(13-16-4-2-3-5-20(16)24)21(28)15-7-9-17(10-8-15)27(31)32/h2-5,7-10,14,18-19H,6,11-13H2,1H3/t14-,18-,19-/m1/s1. The Balaban J connectivity index is 1.71. The molecule has 9 heteroatoms. The molecule has 166 valence electrons. The van der Waals surface area contributed by atoms with Crippen molar-refractivity contribution >= 4 is 35.0 Å². The van der Waals surface area contributed by atoms with Crippen molar-refractivity contribution in [2.45, 2.75) is 32.7 Å². The zero-order valence-corrected chi connectivity index (χ0v) is 18.2. The van der Waals surface area contributed by atoms with E-state index in [0.717, 1.165) is 16.4 Å². The monoisotopic (exact) mass is 455 g/mol. The predicted octanol–water partition coefficient (Wildman–Crippen LogP) is 4.23. The van der Waals surface area contributed by atoms with Gasteiger partial charge in [0.2, 0.25) is 0 Å². The van der Waals surface area contributed by atoms with Crippen LogP contribution >= 0.6 is 11.6 Å². The van der Waals surface area contributed by atoms with Crippen LogP contribution < -0.4 is 0 Å². The molecule has 0 N–H and O–H groups in total. The molecule has 0 unspecified atom stereocenters. The number of imide groups is 1. The number of nitrogens with zero attached hydrogens (tertiary/aromatic N) is 3. The number of rotatable bonds is 5. The second-order valence-corrected chi connectivity index (χ2v) is 8.78. The summed E-state index contributed by atoms with van der Waals surface area (Å²) < 4.78 is 0. The van der Waals surface area contributed by atoms with E-state index in [0.29, 0.717) is 29.3 Å². The van der Waals surface area contributed by atoms with E-state index in [2.05, 4.69) is 6.92 Å². The summed E-state index contributed by atoms with van der Waals surface area (Å²) in [6, 6.07) is 12.0. The summed E-state index contributed by atoms with van der Waals surface area (Å²) in [6.45, 7) is 1.97. The summed E-state index contributed by atoms with van der Waals surface area (Å²) >= 11 is 6.29. The molecule has 8 nitrogen and oxygen atoms in total. The number of non-ortho nitro benzene ring substituents is 1. The fraction of sp³-hybridized carbons (Fsp3) is 0.348. The average Bonchev–Trinajstić information content (AvgIpc) is 3.02. The van der Waals surface area contributed by atoms with E-state index in [4.69, 9.17) is 11.6 Å². The van der Waals surface area contributed by atoms with Gasteiger partial charge in [0, 0.05) is 22.7 Å². The van der Waals surface area contributed by atoms with E-state index in [9.17, 15) is 24.5 Å². The highest BCUT2D eigenvalue weighted by Gasteiger charge is 2.52. The minimum atomic E-state index is -0.604. The van der Waals surface area contributed by atoms with Gasteiger partial charge in [0.25, 0.3) is 23.4 Å². The molecule has 2 fully saturated rings. The molecule has 0 aromatic heterocycles. The Morgan fingerprint density at radius 3 is 2.41 bits per heavy atom. The molecule has 2 aliphatic rings. The Bertz CT molecular complexity index is 1090. The lowest BCUT2D eigenvalue weighted by molar-refractivity contribution is -0.384. The van der Waals surface area contributed by atoms with Crippen molar-refractivity contribution < 1.29 is 19.3 Å². The largest absolute Gasteiger partial charge is 0.273 e. The first-order valence-corrected chi connectivity index (χ1v) is 10.8. The molecular formula is C23H22ClN3O5. The van der Waals surface area contributed by atoms with E-state index in [1.165, 1.54) is 24.3 Å². The van der Waals surface area contributed by atoms with Gasteiger partial charge in [-0.1, -0.05) is 36.7 Å². The van der Waals surface area contributed by atoms with Crippen LogP contribution in [0.1, 0.15) is 42.1 Å². The fourth-order valence-electron chi connectivity index (χ4n) is 4.51. The lowest BCUT2D eigenvalue weighted by atomic mass is 9.76. The molecule has 2 aromatic carbocycles. The van der Waals surface area contributed by atoms with Crippen molar-refractivity contribution in [3.63, 3.8) is 0 Å². The van der Waals surface area contributed by atoms with Crippen LogP contribution in [0.4, 0.5) is 5.69 Å². The van der Waals surface area contributed by atoms with Crippen molar-refractivity contribution in [3.8, 4) is 0 Å². The number of hydrazine groups is 1. The lowest BCUT2D eigenvalue weighted by Gasteiger charge is -2.31. The van der Waals surface area contributed by atoms with Gasteiger partial charge in [0.1, 0.15) is 0 Å². The van der Waals surface area contributed by atoms with Crippen LogP contribution in [-0.4, -0.2) is 32.7 Å². The van der Waals surface area contributed by atoms with Gasteiger partial charge in [-0.3, -0.25) is 24.5 Å². The average molecular weight is 456 g/mol. The Kier molecular flexibility index (Phi) is 5.97. The van der Waals surface area contributed by atoms with Gasteiger partial charge in [0.05, 0.1) is 23.3 Å². The number of carbonyl (C=O) groups excluding carboxylic acids is 3. The van der Waals surface area contributed by atoms with E-state index >= 15 is 0 Å². The van der Waals surface area contributed by atoms with Crippen LogP contribution in [0.5, 0.6) is 0 Å². The molecule has 0 radical (unpaired) electrons. The van der Waals surface area contributed by atoms with Crippen molar-refractivity contribution in [2.75, 3.05) is 0 Å². The number of fused-ring (bicyclic) bond motifs is 1. The van der Waals surface area contributed by atoms with E-state index in [1.807, 2.05) is 0 Å². The maximum atomic E-state index is 13.5. The molecule has 1 saturated heterocycles. The lowest BCUT2D eigenvalue weighted by Crippen LogP contribution is -2.49. The number of benzene rings is 2. The summed E-state index contributed by atoms with van der Waals surface area (Å²) in [5, 5.41) is 13.5. The highest BCUT2D eigenvalue weighted by atomic mass is 35.5. The van der Waals surface area contributed by atoms with E-state index in [-0.39, 0.29) is 29.6 Å². The van der Waals surface area contributed by atoms with Crippen molar-refractivity contribution in [3.05, 3.63) is 74.8 Å². The van der Waals surface area contributed by atoms with Crippen LogP contribution in [0.25, 0.3) is 0 Å². The number of halogens is 1. The van der Waals surface area contributed by atoms with Crippen LogP contribution in [0.15, 0.2) is 48.5 Å². The molecule has 0 spiro atoms. The number of nitro benzene ring substituents is 1. The zero-order chi connectivity index (χ0) is 23.0.